The number of rotatable bonds is 1. The van der Waals surface area contributed by atoms with Gasteiger partial charge < -0.3 is 7.80 Å². The lowest BCUT2D eigenvalue weighted by atomic mass is 9.77. The summed E-state index contributed by atoms with van der Waals surface area (Å²) in [6.45, 7) is 2.20. The number of benzene rings is 1. The van der Waals surface area contributed by atoms with Gasteiger partial charge in [0.2, 0.25) is 0 Å². The van der Waals surface area contributed by atoms with Crippen LogP contribution in [0.3, 0.4) is 0 Å². The minimum absolute atomic E-state index is 0.0338. The standard InChI is InChI=1S/C13H11IO2/c1-13-7-3-2-4-12(13)15-11-8-9(16-14)5-6-10(11)13/h2-8,12H,1H3. The first-order valence-corrected chi connectivity index (χ1v) is 6.08. The van der Waals surface area contributed by atoms with Crippen molar-refractivity contribution in [2.24, 2.45) is 0 Å². The molecule has 1 aromatic carbocycles. The zero-order chi connectivity index (χ0) is 11.2. The van der Waals surface area contributed by atoms with Gasteiger partial charge in [-0.05, 0) is 19.1 Å². The molecule has 3 heteroatoms. The number of hydrogen-bond acceptors (Lipinski definition) is 2. The van der Waals surface area contributed by atoms with Gasteiger partial charge in [0.1, 0.15) is 17.6 Å². The lowest BCUT2D eigenvalue weighted by Gasteiger charge is -2.26. The Morgan fingerprint density at radius 3 is 3.06 bits per heavy atom. The smallest absolute Gasteiger partial charge is 0.192 e. The summed E-state index contributed by atoms with van der Waals surface area (Å²) in [6.07, 6.45) is 8.53. The van der Waals surface area contributed by atoms with E-state index in [1.165, 1.54) is 5.56 Å². The van der Waals surface area contributed by atoms with Crippen LogP contribution in [0.15, 0.2) is 42.5 Å². The molecule has 0 bridgehead atoms. The topological polar surface area (TPSA) is 18.5 Å². The summed E-state index contributed by atoms with van der Waals surface area (Å²) < 4.78 is 11.1. The fraction of sp³-hybridized carbons (Fsp3) is 0.231. The van der Waals surface area contributed by atoms with E-state index in [4.69, 9.17) is 7.80 Å². The Hall–Kier alpha value is -0.970. The maximum absolute atomic E-state index is 5.93. The highest BCUT2D eigenvalue weighted by molar-refractivity contribution is 14.1. The highest BCUT2D eigenvalue weighted by atomic mass is 127. The second kappa shape index (κ2) is 3.52. The van der Waals surface area contributed by atoms with Crippen LogP contribution in [-0.2, 0) is 5.41 Å². The third-order valence-corrected chi connectivity index (χ3v) is 3.82. The third kappa shape index (κ3) is 1.30. The molecular formula is C13H11IO2. The van der Waals surface area contributed by atoms with Crippen LogP contribution in [0.2, 0.25) is 0 Å². The molecule has 0 radical (unpaired) electrons. The predicted octanol–water partition coefficient (Wildman–Crippen LogP) is 3.56. The molecule has 82 valence electrons. The quantitative estimate of drug-likeness (QED) is 0.735. The van der Waals surface area contributed by atoms with E-state index >= 15 is 0 Å². The average Bonchev–Trinajstić information content (AvgIpc) is 2.61. The minimum atomic E-state index is -0.0338. The van der Waals surface area contributed by atoms with E-state index in [0.717, 1.165) is 11.5 Å². The Kier molecular flexibility index (Phi) is 2.24. The molecule has 2 nitrogen and oxygen atoms in total. The molecule has 3 rings (SSSR count). The Labute approximate surface area is 109 Å². The van der Waals surface area contributed by atoms with Crippen molar-refractivity contribution in [3.05, 3.63) is 48.1 Å². The maximum Gasteiger partial charge on any atom is 0.192 e. The summed E-state index contributed by atoms with van der Waals surface area (Å²) in [7, 11) is 0. The van der Waals surface area contributed by atoms with Crippen LogP contribution in [0.4, 0.5) is 0 Å². The van der Waals surface area contributed by atoms with Crippen LogP contribution in [-0.4, -0.2) is 6.10 Å². The van der Waals surface area contributed by atoms with Gasteiger partial charge in [0.05, 0.1) is 5.41 Å². The first-order chi connectivity index (χ1) is 7.74. The monoisotopic (exact) mass is 326 g/mol. The van der Waals surface area contributed by atoms with E-state index in [1.54, 1.807) is 0 Å². The summed E-state index contributed by atoms with van der Waals surface area (Å²) >= 11 is 1.88. The van der Waals surface area contributed by atoms with Gasteiger partial charge in [-0.25, -0.2) is 0 Å². The molecule has 0 saturated carbocycles. The summed E-state index contributed by atoms with van der Waals surface area (Å²) in [5, 5.41) is 0. The van der Waals surface area contributed by atoms with Crippen LogP contribution >= 0.6 is 23.0 Å². The zero-order valence-electron chi connectivity index (χ0n) is 8.81. The molecule has 0 N–H and O–H groups in total. The van der Waals surface area contributed by atoms with Crippen molar-refractivity contribution < 1.29 is 7.80 Å². The van der Waals surface area contributed by atoms with Crippen molar-refractivity contribution in [3.8, 4) is 11.5 Å². The SMILES string of the molecule is CC12C=CC=CC1Oc1cc(OI)ccc12. The van der Waals surface area contributed by atoms with E-state index in [0.29, 0.717) is 0 Å². The zero-order valence-corrected chi connectivity index (χ0v) is 11.0. The Morgan fingerprint density at radius 1 is 1.38 bits per heavy atom. The normalized spacial score (nSPS) is 29.5. The Morgan fingerprint density at radius 2 is 2.25 bits per heavy atom. The number of halogens is 1. The van der Waals surface area contributed by atoms with Crippen molar-refractivity contribution in [3.63, 3.8) is 0 Å². The first-order valence-electron chi connectivity index (χ1n) is 5.20. The van der Waals surface area contributed by atoms with Crippen LogP contribution in [0, 0.1) is 0 Å². The second-order valence-electron chi connectivity index (χ2n) is 4.30. The molecule has 2 atom stereocenters. The van der Waals surface area contributed by atoms with Crippen LogP contribution in [0.25, 0.3) is 0 Å². The summed E-state index contributed by atoms with van der Waals surface area (Å²) in [4.78, 5) is 0. The van der Waals surface area contributed by atoms with Crippen molar-refractivity contribution in [2.45, 2.75) is 18.4 Å². The molecule has 1 aliphatic carbocycles. The molecule has 1 heterocycles. The van der Waals surface area contributed by atoms with Gasteiger partial charge in [0.15, 0.2) is 23.0 Å². The molecule has 0 spiro atoms. The summed E-state index contributed by atoms with van der Waals surface area (Å²) in [5.74, 6) is 1.76. The van der Waals surface area contributed by atoms with Crippen molar-refractivity contribution in [1.82, 2.24) is 0 Å². The van der Waals surface area contributed by atoms with Gasteiger partial charge in [0, 0.05) is 11.6 Å². The van der Waals surface area contributed by atoms with Crippen LogP contribution < -0.4 is 7.80 Å². The van der Waals surface area contributed by atoms with Crippen LogP contribution in [0.5, 0.6) is 11.5 Å². The molecule has 0 amide bonds. The van der Waals surface area contributed by atoms with E-state index in [-0.39, 0.29) is 11.5 Å². The Bertz CT molecular complexity index is 493. The average molecular weight is 326 g/mol. The molecular weight excluding hydrogens is 315 g/mol. The van der Waals surface area contributed by atoms with Gasteiger partial charge in [-0.2, -0.15) is 0 Å². The fourth-order valence-corrected chi connectivity index (χ4v) is 2.62. The molecule has 1 aliphatic heterocycles. The van der Waals surface area contributed by atoms with Crippen LogP contribution in [0.1, 0.15) is 12.5 Å². The highest BCUT2D eigenvalue weighted by Crippen LogP contribution is 2.47. The first kappa shape index (κ1) is 10.2. The lowest BCUT2D eigenvalue weighted by molar-refractivity contribution is 0.228. The summed E-state index contributed by atoms with van der Waals surface area (Å²) in [6, 6.07) is 6.02. The van der Waals surface area contributed by atoms with Crippen molar-refractivity contribution in [2.75, 3.05) is 0 Å². The van der Waals surface area contributed by atoms with E-state index in [1.807, 2.05) is 41.2 Å². The summed E-state index contributed by atoms with van der Waals surface area (Å²) in [5.41, 5.74) is 1.20. The largest absolute Gasteiger partial charge is 0.485 e. The van der Waals surface area contributed by atoms with Gasteiger partial charge in [0.25, 0.3) is 0 Å². The van der Waals surface area contributed by atoms with E-state index < -0.39 is 0 Å². The second-order valence-corrected chi connectivity index (χ2v) is 4.74. The molecule has 2 aliphatic rings. The molecule has 0 aromatic heterocycles. The molecule has 1 aromatic rings. The van der Waals surface area contributed by atoms with Gasteiger partial charge in [-0.3, -0.25) is 0 Å². The molecule has 16 heavy (non-hydrogen) atoms. The van der Waals surface area contributed by atoms with E-state index in [2.05, 4.69) is 31.2 Å². The molecule has 0 saturated heterocycles. The van der Waals surface area contributed by atoms with Gasteiger partial charge >= 0.3 is 0 Å². The van der Waals surface area contributed by atoms with Gasteiger partial charge in [-0.15, -0.1) is 0 Å². The third-order valence-electron chi connectivity index (χ3n) is 3.31. The number of ether oxygens (including phenoxy) is 1. The highest BCUT2D eigenvalue weighted by Gasteiger charge is 2.43. The van der Waals surface area contributed by atoms with E-state index in [9.17, 15) is 0 Å². The lowest BCUT2D eigenvalue weighted by Crippen LogP contribution is -2.32. The number of fused-ring (bicyclic) bond motifs is 3. The predicted molar refractivity (Wildman–Crippen MR) is 71.1 cm³/mol. The Balaban J connectivity index is 2.13. The minimum Gasteiger partial charge on any atom is -0.485 e. The van der Waals surface area contributed by atoms with Gasteiger partial charge in [-0.1, -0.05) is 24.3 Å². The van der Waals surface area contributed by atoms with Crippen molar-refractivity contribution in [1.29, 1.82) is 0 Å². The molecule has 0 fully saturated rings. The van der Waals surface area contributed by atoms with Crippen molar-refractivity contribution >= 4 is 23.0 Å². The fourth-order valence-electron chi connectivity index (χ4n) is 2.35. The molecule has 2 unspecified atom stereocenters. The maximum atomic E-state index is 5.93. The number of hydrogen-bond donors (Lipinski definition) is 0. The number of allylic oxidation sites excluding steroid dienone is 2.